The molecule has 2 aromatic rings. The highest BCUT2D eigenvalue weighted by atomic mass is 31.2. The van der Waals surface area contributed by atoms with Crippen molar-refractivity contribution in [3.63, 3.8) is 0 Å². The van der Waals surface area contributed by atoms with E-state index in [4.69, 9.17) is 30.5 Å². The van der Waals surface area contributed by atoms with Crippen LogP contribution in [0.15, 0.2) is 60.7 Å². The van der Waals surface area contributed by atoms with E-state index < -0.39 is 33.2 Å². The Morgan fingerprint density at radius 3 is 1.38 bits per heavy atom. The number of benzene rings is 2. The van der Waals surface area contributed by atoms with E-state index in [1.165, 1.54) is 69.6 Å². The van der Waals surface area contributed by atoms with E-state index in [1.807, 2.05) is 12.1 Å². The van der Waals surface area contributed by atoms with Crippen molar-refractivity contribution in [2.45, 2.75) is 76.7 Å². The van der Waals surface area contributed by atoms with Gasteiger partial charge in [-0.1, -0.05) is 125 Å². The zero-order valence-electron chi connectivity index (χ0n) is 23.9. The number of hydrogen-bond acceptors (Lipinski definition) is 8. The summed E-state index contributed by atoms with van der Waals surface area (Å²) in [6, 6.07) is 20.8. The summed E-state index contributed by atoms with van der Waals surface area (Å²) < 4.78 is 20.0. The average molecular weight is 573 g/mol. The number of phosphoric acid groups is 1. The highest BCUT2D eigenvalue weighted by Gasteiger charge is 2.20. The van der Waals surface area contributed by atoms with Gasteiger partial charge in [-0.3, -0.25) is 9.05 Å². The summed E-state index contributed by atoms with van der Waals surface area (Å²) in [5.74, 6) is 0. The first-order chi connectivity index (χ1) is 18.3. The molecule has 0 fully saturated rings. The van der Waals surface area contributed by atoms with Gasteiger partial charge >= 0.3 is 7.82 Å². The molecular formula is C29H53N2O7P. The maximum atomic E-state index is 11.0. The highest BCUT2D eigenvalue weighted by molar-refractivity contribution is 7.47. The Labute approximate surface area is 235 Å². The van der Waals surface area contributed by atoms with E-state index in [0.29, 0.717) is 6.61 Å². The third kappa shape index (κ3) is 21.8. The van der Waals surface area contributed by atoms with Gasteiger partial charge in [0.25, 0.3) is 0 Å². The lowest BCUT2D eigenvalue weighted by atomic mass is 10.1. The molecule has 10 heteroatoms. The number of aliphatic hydroxyl groups excluding tert-OH is 3. The average Bonchev–Trinajstić information content (AvgIpc) is 2.97. The molecule has 2 aromatic carbocycles. The van der Waals surface area contributed by atoms with Crippen LogP contribution in [-0.2, 0) is 13.6 Å². The van der Waals surface area contributed by atoms with Crippen molar-refractivity contribution in [1.29, 1.82) is 0 Å². The first-order valence-electron chi connectivity index (χ1n) is 13.5. The topological polar surface area (TPSA) is 177 Å². The molecule has 9 N–H and O–H groups in total. The zero-order valence-corrected chi connectivity index (χ0v) is 24.8. The molecule has 1 atom stereocenters. The molecule has 0 saturated heterocycles. The van der Waals surface area contributed by atoms with E-state index >= 15 is 0 Å². The van der Waals surface area contributed by atoms with Crippen LogP contribution in [0.3, 0.4) is 0 Å². The predicted octanol–water partition coefficient (Wildman–Crippen LogP) is 5.85. The third-order valence-corrected chi connectivity index (χ3v) is 6.78. The molecule has 226 valence electrons. The fourth-order valence-electron chi connectivity index (χ4n) is 3.23. The smallest absolute Gasteiger partial charge is 0.394 e. The van der Waals surface area contributed by atoms with Crippen LogP contribution in [0.1, 0.15) is 71.1 Å². The lowest BCUT2D eigenvalue weighted by Gasteiger charge is -2.20. The summed E-state index contributed by atoms with van der Waals surface area (Å²) in [5.41, 5.74) is 6.49. The molecule has 1 unspecified atom stereocenters. The van der Waals surface area contributed by atoms with Crippen LogP contribution in [-0.4, -0.2) is 59.3 Å². The molecular weight excluding hydrogens is 519 g/mol. The first-order valence-corrected chi connectivity index (χ1v) is 15.0. The predicted molar refractivity (Wildman–Crippen MR) is 160 cm³/mol. The number of unbranched alkanes of at least 4 members (excludes halogenated alkanes) is 9. The fourth-order valence-corrected chi connectivity index (χ4v) is 3.70. The Morgan fingerprint density at radius 1 is 0.718 bits per heavy atom. The molecule has 0 aliphatic rings. The summed E-state index contributed by atoms with van der Waals surface area (Å²) in [6.45, 7) is 1.33. The van der Waals surface area contributed by atoms with Crippen molar-refractivity contribution < 1.29 is 33.8 Å². The van der Waals surface area contributed by atoms with Crippen molar-refractivity contribution in [2.75, 3.05) is 33.5 Å². The highest BCUT2D eigenvalue weighted by Crippen LogP contribution is 2.41. The molecule has 0 aliphatic heterocycles. The second-order valence-electron chi connectivity index (χ2n) is 9.24. The van der Waals surface area contributed by atoms with E-state index in [2.05, 4.69) is 60.0 Å². The van der Waals surface area contributed by atoms with Crippen LogP contribution < -0.4 is 11.9 Å². The Bertz CT molecular complexity index is 779. The molecule has 0 heterocycles. The second kappa shape index (κ2) is 25.3. The Hall–Kier alpha value is -1.65. The van der Waals surface area contributed by atoms with Gasteiger partial charge in [0.2, 0.25) is 0 Å². The summed E-state index contributed by atoms with van der Waals surface area (Å²) in [5, 5.41) is 25.0. The number of rotatable bonds is 17. The van der Waals surface area contributed by atoms with Gasteiger partial charge in [0.15, 0.2) is 0 Å². The van der Waals surface area contributed by atoms with Crippen molar-refractivity contribution in [3.8, 4) is 11.1 Å². The minimum absolute atomic E-state index is 0. The van der Waals surface area contributed by atoms with Crippen LogP contribution in [0.5, 0.6) is 0 Å². The molecule has 0 bridgehead atoms. The lowest BCUT2D eigenvalue weighted by Crippen LogP contribution is -2.50. The second-order valence-corrected chi connectivity index (χ2v) is 10.8. The third-order valence-electron chi connectivity index (χ3n) is 5.81. The van der Waals surface area contributed by atoms with Gasteiger partial charge in [0.05, 0.1) is 32.0 Å². The molecule has 0 saturated carbocycles. The molecule has 0 aromatic heterocycles. The van der Waals surface area contributed by atoms with Gasteiger partial charge in [-0.05, 0) is 17.5 Å². The quantitative estimate of drug-likeness (QED) is 0.100. The first kappa shape index (κ1) is 39.5. The van der Waals surface area contributed by atoms with E-state index in [9.17, 15) is 4.57 Å². The fraction of sp³-hybridized carbons (Fsp3) is 0.586. The molecule has 39 heavy (non-hydrogen) atoms. The monoisotopic (exact) mass is 572 g/mol. The van der Waals surface area contributed by atoms with E-state index in [0.717, 1.165) is 12.8 Å². The minimum Gasteiger partial charge on any atom is -0.394 e. The number of phosphoric ester groups is 1. The van der Waals surface area contributed by atoms with Gasteiger partial charge in [-0.2, -0.15) is 0 Å². The van der Waals surface area contributed by atoms with Gasteiger partial charge in [-0.25, -0.2) is 4.57 Å². The summed E-state index contributed by atoms with van der Waals surface area (Å²) in [7, 11) is -2.57. The maximum absolute atomic E-state index is 11.0. The van der Waals surface area contributed by atoms with Crippen molar-refractivity contribution in [1.82, 2.24) is 6.15 Å². The maximum Gasteiger partial charge on any atom is 0.471 e. The van der Waals surface area contributed by atoms with Gasteiger partial charge in [0, 0.05) is 7.11 Å². The van der Waals surface area contributed by atoms with Crippen LogP contribution in [0.4, 0.5) is 0 Å². The van der Waals surface area contributed by atoms with Crippen LogP contribution >= 0.6 is 7.82 Å². The largest absolute Gasteiger partial charge is 0.471 e. The molecule has 0 aliphatic carbocycles. The van der Waals surface area contributed by atoms with Crippen molar-refractivity contribution >= 4 is 7.82 Å². The Kier molecular flexibility index (Phi) is 25.6. The summed E-state index contributed by atoms with van der Waals surface area (Å²) >= 11 is 0. The lowest BCUT2D eigenvalue weighted by molar-refractivity contribution is 0.0697. The Balaban J connectivity index is 0. The number of aliphatic hydroxyl groups is 3. The number of nitrogens with two attached hydrogens (primary N) is 1. The van der Waals surface area contributed by atoms with Crippen LogP contribution in [0, 0.1) is 0 Å². The van der Waals surface area contributed by atoms with Gasteiger partial charge in [0.1, 0.15) is 0 Å². The molecule has 2 rings (SSSR count). The zero-order chi connectivity index (χ0) is 28.5. The van der Waals surface area contributed by atoms with Gasteiger partial charge in [-0.15, -0.1) is 0 Å². The molecule has 0 radical (unpaired) electrons. The SMILES string of the molecule is CCCCCCCCCCCCOP(=O)(O)OC.N.NC(CO)(CO)CO.c1ccc(-c2ccccc2)cc1. The van der Waals surface area contributed by atoms with Crippen LogP contribution in [0.2, 0.25) is 0 Å². The normalized spacial score (nSPS) is 12.2. The Morgan fingerprint density at radius 2 is 1.08 bits per heavy atom. The molecule has 0 spiro atoms. The molecule has 0 amide bonds. The van der Waals surface area contributed by atoms with Crippen molar-refractivity contribution in [2.24, 2.45) is 5.73 Å². The standard InChI is InChI=1S/C13H29O4P.C12H10.C4H11NO3.H3N/c1-3-4-5-6-7-8-9-10-11-12-13-17-18(14,15)16-2;1-3-7-11(8-4-1)12-9-5-2-6-10-12;5-4(1-6,2-7)3-8;/h3-13H2,1-2H3,(H,14,15);1-10H;6-8H,1-3,5H2;1H3. The number of hydrogen-bond donors (Lipinski definition) is 6. The van der Waals surface area contributed by atoms with E-state index in [1.54, 1.807) is 0 Å². The minimum atomic E-state index is -3.75. The van der Waals surface area contributed by atoms with E-state index in [-0.39, 0.29) is 6.15 Å². The summed E-state index contributed by atoms with van der Waals surface area (Å²) in [6.07, 6.45) is 12.3. The summed E-state index contributed by atoms with van der Waals surface area (Å²) in [4.78, 5) is 8.98. The van der Waals surface area contributed by atoms with Gasteiger partial charge < -0.3 is 32.1 Å². The van der Waals surface area contributed by atoms with Crippen LogP contribution in [0.25, 0.3) is 11.1 Å². The molecule has 9 nitrogen and oxygen atoms in total. The van der Waals surface area contributed by atoms with Crippen molar-refractivity contribution in [3.05, 3.63) is 60.7 Å².